The maximum Gasteiger partial charge on any atom is 0.258 e. The molecule has 0 N–H and O–H groups in total. The van der Waals surface area contributed by atoms with E-state index in [0.29, 0.717) is 11.7 Å². The molecule has 0 spiro atoms. The molecule has 0 atom stereocenters. The van der Waals surface area contributed by atoms with E-state index in [2.05, 4.69) is 25.7 Å². The van der Waals surface area contributed by atoms with Crippen molar-refractivity contribution in [1.82, 2.24) is 30.3 Å². The molecule has 0 saturated heterocycles. The van der Waals surface area contributed by atoms with Crippen LogP contribution in [0.4, 0.5) is 0 Å². The van der Waals surface area contributed by atoms with Crippen molar-refractivity contribution in [3.63, 3.8) is 0 Å². The molecule has 0 aliphatic rings. The van der Waals surface area contributed by atoms with Crippen LogP contribution in [0.25, 0.3) is 28.5 Å². The second kappa shape index (κ2) is 4.91. The zero-order chi connectivity index (χ0) is 14.1. The third-order valence-electron chi connectivity index (χ3n) is 2.91. The van der Waals surface area contributed by atoms with Gasteiger partial charge in [-0.2, -0.15) is 16.3 Å². The Bertz CT molecular complexity index is 853. The van der Waals surface area contributed by atoms with E-state index < -0.39 is 0 Å². The summed E-state index contributed by atoms with van der Waals surface area (Å²) in [6.07, 6.45) is 1.53. The molecule has 0 amide bonds. The quantitative estimate of drug-likeness (QED) is 0.577. The van der Waals surface area contributed by atoms with Crippen LogP contribution in [0, 0.1) is 0 Å². The number of thiophene rings is 1. The molecule has 8 heteroatoms. The van der Waals surface area contributed by atoms with Crippen LogP contribution in [0.3, 0.4) is 0 Å². The van der Waals surface area contributed by atoms with Crippen LogP contribution < -0.4 is 0 Å². The van der Waals surface area contributed by atoms with Crippen molar-refractivity contribution < 1.29 is 4.52 Å². The summed E-state index contributed by atoms with van der Waals surface area (Å²) in [7, 11) is 0. The maximum atomic E-state index is 5.33. The molecule has 0 unspecified atom stereocenters. The summed E-state index contributed by atoms with van der Waals surface area (Å²) >= 11 is 1.59. The van der Waals surface area contributed by atoms with E-state index >= 15 is 0 Å². The van der Waals surface area contributed by atoms with Gasteiger partial charge in [0.25, 0.3) is 5.89 Å². The molecule has 0 aliphatic heterocycles. The largest absolute Gasteiger partial charge is 0.334 e. The highest BCUT2D eigenvalue weighted by Crippen LogP contribution is 2.24. The first kappa shape index (κ1) is 11.9. The monoisotopic (exact) mass is 296 g/mol. The Morgan fingerprint density at radius 2 is 2.14 bits per heavy atom. The first-order chi connectivity index (χ1) is 10.4. The number of hydrogen-bond acceptors (Lipinski definition) is 7. The lowest BCUT2D eigenvalue weighted by atomic mass is 10.2. The molecule has 102 valence electrons. The predicted octanol–water partition coefficient (Wildman–Crippen LogP) is 2.44. The van der Waals surface area contributed by atoms with Gasteiger partial charge < -0.3 is 4.52 Å². The van der Waals surface area contributed by atoms with E-state index in [0.717, 1.165) is 16.8 Å². The predicted molar refractivity (Wildman–Crippen MR) is 75.8 cm³/mol. The molecule has 0 fully saturated rings. The number of benzene rings is 1. The fourth-order valence-electron chi connectivity index (χ4n) is 1.91. The first-order valence-corrected chi connectivity index (χ1v) is 7.04. The third kappa shape index (κ3) is 2.21. The molecule has 4 aromatic rings. The van der Waals surface area contributed by atoms with Crippen molar-refractivity contribution in [1.29, 1.82) is 0 Å². The third-order valence-corrected chi connectivity index (χ3v) is 3.60. The minimum Gasteiger partial charge on any atom is -0.334 e. The molecule has 0 radical (unpaired) electrons. The van der Waals surface area contributed by atoms with Gasteiger partial charge in [-0.3, -0.25) is 0 Å². The fraction of sp³-hybridized carbons (Fsp3) is 0. The molecule has 4 rings (SSSR count). The normalized spacial score (nSPS) is 10.9. The van der Waals surface area contributed by atoms with Gasteiger partial charge in [0.05, 0.1) is 5.69 Å². The highest BCUT2D eigenvalue weighted by Gasteiger charge is 2.11. The number of nitrogens with zero attached hydrogens (tertiary/aromatic N) is 6. The molecular formula is C13H8N6OS. The van der Waals surface area contributed by atoms with Crippen molar-refractivity contribution in [2.24, 2.45) is 0 Å². The summed E-state index contributed by atoms with van der Waals surface area (Å²) in [5, 5.41) is 19.1. The number of rotatable bonds is 3. The van der Waals surface area contributed by atoms with Gasteiger partial charge >= 0.3 is 0 Å². The summed E-state index contributed by atoms with van der Waals surface area (Å²) in [6, 6.07) is 9.54. The van der Waals surface area contributed by atoms with Gasteiger partial charge in [-0.25, -0.2) is 4.68 Å². The van der Waals surface area contributed by atoms with Crippen LogP contribution in [0.15, 0.2) is 51.9 Å². The Balaban J connectivity index is 1.72. The van der Waals surface area contributed by atoms with Gasteiger partial charge in [0, 0.05) is 16.5 Å². The van der Waals surface area contributed by atoms with Crippen molar-refractivity contribution in [3.05, 3.63) is 47.4 Å². The summed E-state index contributed by atoms with van der Waals surface area (Å²) in [5.41, 5.74) is 2.59. The van der Waals surface area contributed by atoms with Gasteiger partial charge in [0.2, 0.25) is 5.82 Å². The zero-order valence-electron chi connectivity index (χ0n) is 10.6. The molecule has 0 bridgehead atoms. The lowest BCUT2D eigenvalue weighted by Crippen LogP contribution is -1.95. The van der Waals surface area contributed by atoms with Crippen LogP contribution in [-0.4, -0.2) is 30.3 Å². The Labute approximate surface area is 122 Å². The standard InChI is InChI=1S/C13H8N6OS/c1-2-9(6-11(3-1)19-8-14-17-18-19)13-15-12(16-20-13)10-4-5-21-7-10/h1-8H. The minimum absolute atomic E-state index is 0.464. The van der Waals surface area contributed by atoms with E-state index in [1.807, 2.05) is 41.1 Å². The van der Waals surface area contributed by atoms with Crippen LogP contribution in [0.5, 0.6) is 0 Å². The molecule has 3 heterocycles. The van der Waals surface area contributed by atoms with Crippen LogP contribution >= 0.6 is 11.3 Å². The smallest absolute Gasteiger partial charge is 0.258 e. The highest BCUT2D eigenvalue weighted by molar-refractivity contribution is 7.08. The van der Waals surface area contributed by atoms with Crippen LogP contribution in [0.1, 0.15) is 0 Å². The molecule has 3 aromatic heterocycles. The second-order valence-electron chi connectivity index (χ2n) is 4.24. The average molecular weight is 296 g/mol. The van der Waals surface area contributed by atoms with Gasteiger partial charge in [-0.1, -0.05) is 11.2 Å². The molecule has 7 nitrogen and oxygen atoms in total. The Kier molecular flexibility index (Phi) is 2.79. The summed E-state index contributed by atoms with van der Waals surface area (Å²) in [5.74, 6) is 1.05. The lowest BCUT2D eigenvalue weighted by molar-refractivity contribution is 0.432. The van der Waals surface area contributed by atoms with E-state index in [1.165, 1.54) is 6.33 Å². The average Bonchev–Trinajstić information content (AvgIpc) is 3.26. The fourth-order valence-corrected chi connectivity index (χ4v) is 2.55. The van der Waals surface area contributed by atoms with Crippen molar-refractivity contribution in [2.45, 2.75) is 0 Å². The summed E-state index contributed by atoms with van der Waals surface area (Å²) in [6.45, 7) is 0. The van der Waals surface area contributed by atoms with Gasteiger partial charge in [0.1, 0.15) is 6.33 Å². The summed E-state index contributed by atoms with van der Waals surface area (Å²) < 4.78 is 6.90. The molecule has 0 saturated carbocycles. The number of tetrazole rings is 1. The molecular weight excluding hydrogens is 288 g/mol. The van der Waals surface area contributed by atoms with E-state index in [-0.39, 0.29) is 0 Å². The highest BCUT2D eigenvalue weighted by atomic mass is 32.1. The van der Waals surface area contributed by atoms with E-state index in [9.17, 15) is 0 Å². The van der Waals surface area contributed by atoms with Gasteiger partial charge in [-0.05, 0) is 40.1 Å². The van der Waals surface area contributed by atoms with Crippen molar-refractivity contribution in [3.8, 4) is 28.5 Å². The van der Waals surface area contributed by atoms with E-state index in [1.54, 1.807) is 16.0 Å². The van der Waals surface area contributed by atoms with E-state index in [4.69, 9.17) is 4.52 Å². The Morgan fingerprint density at radius 3 is 2.95 bits per heavy atom. The van der Waals surface area contributed by atoms with Crippen molar-refractivity contribution >= 4 is 11.3 Å². The van der Waals surface area contributed by atoms with Crippen LogP contribution in [-0.2, 0) is 0 Å². The van der Waals surface area contributed by atoms with Gasteiger partial charge in [0.15, 0.2) is 0 Å². The lowest BCUT2D eigenvalue weighted by Gasteiger charge is -2.00. The topological polar surface area (TPSA) is 82.5 Å². The van der Waals surface area contributed by atoms with Crippen molar-refractivity contribution in [2.75, 3.05) is 0 Å². The second-order valence-corrected chi connectivity index (χ2v) is 5.02. The number of hydrogen-bond donors (Lipinski definition) is 0. The molecule has 1 aromatic carbocycles. The minimum atomic E-state index is 0.464. The van der Waals surface area contributed by atoms with Gasteiger partial charge in [-0.15, -0.1) is 5.10 Å². The Hall–Kier alpha value is -2.87. The SMILES string of the molecule is c1cc(-c2nc(-c3ccsc3)no2)cc(-n2cnnn2)c1. The molecule has 21 heavy (non-hydrogen) atoms. The first-order valence-electron chi connectivity index (χ1n) is 6.10. The number of aromatic nitrogens is 6. The van der Waals surface area contributed by atoms with Crippen LogP contribution in [0.2, 0.25) is 0 Å². The zero-order valence-corrected chi connectivity index (χ0v) is 11.4. The molecule has 0 aliphatic carbocycles. The Morgan fingerprint density at radius 1 is 1.14 bits per heavy atom. The summed E-state index contributed by atoms with van der Waals surface area (Å²) in [4.78, 5) is 4.41. The maximum absolute atomic E-state index is 5.33.